The highest BCUT2D eigenvalue weighted by Gasteiger charge is 2.53. The van der Waals surface area contributed by atoms with E-state index in [1.165, 1.54) is 41.0 Å². The zero-order valence-corrected chi connectivity index (χ0v) is 19.9. The smallest absolute Gasteiger partial charge is 0.325 e. The van der Waals surface area contributed by atoms with Gasteiger partial charge in [0.1, 0.15) is 5.41 Å². The summed E-state index contributed by atoms with van der Waals surface area (Å²) in [4.78, 5) is 20.3. The third-order valence-corrected chi connectivity index (χ3v) is 5.98. The highest BCUT2D eigenvalue weighted by molar-refractivity contribution is 5.96. The van der Waals surface area contributed by atoms with Crippen LogP contribution in [0.5, 0.6) is 0 Å². The number of carbonyl (C=O) groups excluding carboxylic acids is 1. The number of halogens is 6. The lowest BCUT2D eigenvalue weighted by atomic mass is 9.91. The van der Waals surface area contributed by atoms with Crippen molar-refractivity contribution in [3.63, 3.8) is 0 Å². The second kappa shape index (κ2) is 9.16. The average Bonchev–Trinajstić information content (AvgIpc) is 3.26. The van der Waals surface area contributed by atoms with Crippen LogP contribution in [0.3, 0.4) is 0 Å². The fraction of sp³-hybridized carbons (Fsp3) is 0.280. The number of alkyl halides is 6. The van der Waals surface area contributed by atoms with Crippen molar-refractivity contribution in [3.05, 3.63) is 66.1 Å². The zero-order valence-electron chi connectivity index (χ0n) is 19.9. The van der Waals surface area contributed by atoms with Gasteiger partial charge in [-0.05, 0) is 56.2 Å². The molecular weight excluding hydrogens is 500 g/mol. The highest BCUT2D eigenvalue weighted by atomic mass is 19.4. The van der Waals surface area contributed by atoms with Gasteiger partial charge in [0.15, 0.2) is 11.3 Å². The van der Waals surface area contributed by atoms with Gasteiger partial charge < -0.3 is 5.32 Å². The number of amides is 1. The summed E-state index contributed by atoms with van der Waals surface area (Å²) in [6, 6.07) is 10.4. The molecule has 12 heteroatoms. The van der Waals surface area contributed by atoms with E-state index in [1.54, 1.807) is 19.1 Å². The molecule has 4 aromatic rings. The van der Waals surface area contributed by atoms with Crippen molar-refractivity contribution in [2.75, 3.05) is 5.32 Å². The van der Waals surface area contributed by atoms with E-state index < -0.39 is 29.4 Å². The number of rotatable bonds is 5. The minimum Gasteiger partial charge on any atom is -0.325 e. The van der Waals surface area contributed by atoms with E-state index in [0.717, 1.165) is 20.0 Å². The van der Waals surface area contributed by atoms with Crippen molar-refractivity contribution < 1.29 is 31.1 Å². The van der Waals surface area contributed by atoms with Crippen molar-refractivity contribution in [2.45, 2.75) is 39.5 Å². The van der Waals surface area contributed by atoms with Gasteiger partial charge in [-0.1, -0.05) is 19.1 Å². The first-order valence-corrected chi connectivity index (χ1v) is 11.1. The Kier molecular flexibility index (Phi) is 6.47. The van der Waals surface area contributed by atoms with Gasteiger partial charge in [0.05, 0.1) is 17.6 Å². The van der Waals surface area contributed by atoms with Crippen LogP contribution < -0.4 is 5.32 Å². The van der Waals surface area contributed by atoms with Crippen LogP contribution in [0.4, 0.5) is 32.0 Å². The molecule has 0 spiro atoms. The zero-order chi connectivity index (χ0) is 27.2. The molecule has 0 fully saturated rings. The summed E-state index contributed by atoms with van der Waals surface area (Å²) in [7, 11) is 0. The van der Waals surface area contributed by atoms with Crippen LogP contribution in [0, 0.1) is 5.41 Å². The summed E-state index contributed by atoms with van der Waals surface area (Å²) >= 11 is 0. The van der Waals surface area contributed by atoms with Gasteiger partial charge >= 0.3 is 12.4 Å². The number of hydrogen-bond acceptors (Lipinski definition) is 4. The fourth-order valence-electron chi connectivity index (χ4n) is 3.57. The molecule has 1 aromatic carbocycles. The Bertz CT molecular complexity index is 1470. The van der Waals surface area contributed by atoms with Gasteiger partial charge in [0.2, 0.25) is 5.91 Å². The molecule has 3 aromatic heterocycles. The fourth-order valence-corrected chi connectivity index (χ4v) is 3.57. The number of benzene rings is 1. The molecule has 194 valence electrons. The number of nitrogens with one attached hydrogen (secondary N) is 1. The number of pyridine rings is 1. The molecule has 1 N–H and O–H groups in total. The van der Waals surface area contributed by atoms with Gasteiger partial charge in [0.25, 0.3) is 0 Å². The third kappa shape index (κ3) is 5.00. The molecule has 0 radical (unpaired) electrons. The summed E-state index contributed by atoms with van der Waals surface area (Å²) in [5, 5.41) is 6.63. The van der Waals surface area contributed by atoms with Gasteiger partial charge in [-0.2, -0.15) is 31.4 Å². The van der Waals surface area contributed by atoms with Crippen molar-refractivity contribution in [3.8, 4) is 22.5 Å². The molecule has 0 bridgehead atoms. The van der Waals surface area contributed by atoms with E-state index in [1.807, 2.05) is 0 Å². The van der Waals surface area contributed by atoms with Crippen LogP contribution in [0.25, 0.3) is 28.2 Å². The predicted molar refractivity (Wildman–Crippen MR) is 124 cm³/mol. The molecule has 1 amide bonds. The monoisotopic (exact) mass is 521 g/mol. The van der Waals surface area contributed by atoms with Crippen LogP contribution in [-0.4, -0.2) is 31.7 Å². The number of carbonyl (C=O) groups is 1. The Labute approximate surface area is 207 Å². The number of aryl methyl sites for hydroxylation is 1. The first-order valence-electron chi connectivity index (χ1n) is 11.1. The Morgan fingerprint density at radius 3 is 2.38 bits per heavy atom. The van der Waals surface area contributed by atoms with Crippen LogP contribution in [0.15, 0.2) is 54.9 Å². The van der Waals surface area contributed by atoms with E-state index in [4.69, 9.17) is 0 Å². The van der Waals surface area contributed by atoms with Crippen molar-refractivity contribution in [1.29, 1.82) is 0 Å². The average molecular weight is 521 g/mol. The largest absolute Gasteiger partial charge is 0.434 e. The number of anilines is 1. The molecule has 3 heterocycles. The molecule has 4 rings (SSSR count). The molecule has 37 heavy (non-hydrogen) atoms. The van der Waals surface area contributed by atoms with E-state index in [9.17, 15) is 31.1 Å². The molecule has 0 atom stereocenters. The number of aromatic nitrogens is 4. The number of fused-ring (bicyclic) bond motifs is 1. The van der Waals surface area contributed by atoms with E-state index in [-0.39, 0.29) is 16.9 Å². The summed E-state index contributed by atoms with van der Waals surface area (Å²) in [6.07, 6.45) is -6.44. The van der Waals surface area contributed by atoms with Crippen LogP contribution in [0.2, 0.25) is 0 Å². The van der Waals surface area contributed by atoms with Gasteiger partial charge in [-0.25, -0.2) is 9.50 Å². The molecule has 0 unspecified atom stereocenters. The van der Waals surface area contributed by atoms with Gasteiger partial charge in [-0.3, -0.25) is 9.78 Å². The minimum absolute atomic E-state index is 0.0283. The Balaban J connectivity index is 1.72. The SMILES string of the molecule is CCc1ccc(-c2cn3nc(-c4cccnc4C(F)(F)F)ccc3n2)cc1NC(=O)C(C)(C)C(F)(F)F. The summed E-state index contributed by atoms with van der Waals surface area (Å²) in [6.45, 7) is 3.40. The Hall–Kier alpha value is -3.96. The maximum atomic E-state index is 13.4. The lowest BCUT2D eigenvalue weighted by Crippen LogP contribution is -2.43. The topological polar surface area (TPSA) is 72.2 Å². The first kappa shape index (κ1) is 26.1. The van der Waals surface area contributed by atoms with Crippen molar-refractivity contribution in [2.24, 2.45) is 5.41 Å². The second-order valence-corrected chi connectivity index (χ2v) is 8.85. The standard InChI is InChI=1S/C25H21F6N5O/c1-4-14-7-8-15(12-18(14)34-22(37)23(2,3)25(29,30)31)19-13-36-20(33-19)10-9-17(35-36)16-6-5-11-32-21(16)24(26,27)28/h5-13H,4H2,1-3H3,(H,34,37). The lowest BCUT2D eigenvalue weighted by Gasteiger charge is -2.27. The summed E-state index contributed by atoms with van der Waals surface area (Å²) in [5.41, 5.74) is -1.86. The minimum atomic E-state index is -4.74. The lowest BCUT2D eigenvalue weighted by molar-refractivity contribution is -0.208. The van der Waals surface area contributed by atoms with E-state index in [2.05, 4.69) is 20.4 Å². The van der Waals surface area contributed by atoms with E-state index >= 15 is 0 Å². The van der Waals surface area contributed by atoms with Gasteiger partial charge in [-0.15, -0.1) is 0 Å². The molecule has 0 aliphatic heterocycles. The highest BCUT2D eigenvalue weighted by Crippen LogP contribution is 2.39. The van der Waals surface area contributed by atoms with Gasteiger partial charge in [0, 0.05) is 23.0 Å². The van der Waals surface area contributed by atoms with Crippen LogP contribution in [0.1, 0.15) is 32.0 Å². The molecule has 6 nitrogen and oxygen atoms in total. The Morgan fingerprint density at radius 1 is 1.00 bits per heavy atom. The van der Waals surface area contributed by atoms with Crippen LogP contribution in [-0.2, 0) is 17.4 Å². The summed E-state index contributed by atoms with van der Waals surface area (Å²) in [5.74, 6) is -1.20. The van der Waals surface area contributed by atoms with Crippen molar-refractivity contribution >= 4 is 17.2 Å². The number of hydrogen-bond donors (Lipinski definition) is 1. The summed E-state index contributed by atoms with van der Waals surface area (Å²) < 4.78 is 81.5. The van der Waals surface area contributed by atoms with E-state index in [0.29, 0.717) is 28.9 Å². The number of imidazole rings is 1. The quantitative estimate of drug-likeness (QED) is 0.302. The molecule has 0 saturated heterocycles. The molecule has 0 saturated carbocycles. The number of nitrogens with zero attached hydrogens (tertiary/aromatic N) is 4. The molecular formula is C25H21F6N5O. The third-order valence-electron chi connectivity index (χ3n) is 5.98. The Morgan fingerprint density at radius 2 is 1.73 bits per heavy atom. The second-order valence-electron chi connectivity index (χ2n) is 8.85. The predicted octanol–water partition coefficient (Wildman–Crippen LogP) is 6.57. The maximum absolute atomic E-state index is 13.4. The maximum Gasteiger partial charge on any atom is 0.434 e. The molecule has 0 aliphatic rings. The first-order chi connectivity index (χ1) is 17.2. The van der Waals surface area contributed by atoms with Crippen molar-refractivity contribution in [1.82, 2.24) is 19.6 Å². The molecule has 0 aliphatic carbocycles. The van der Waals surface area contributed by atoms with Crippen LogP contribution >= 0.6 is 0 Å². The normalized spacial score (nSPS) is 12.7.